The van der Waals surface area contributed by atoms with Gasteiger partial charge in [-0.3, -0.25) is 16.8 Å². The Morgan fingerprint density at radius 3 is 1.21 bits per heavy atom. The third kappa shape index (κ3) is 12.3. The molecule has 3 aromatic heterocycles. The molecule has 0 spiro atoms. The second kappa shape index (κ2) is 20.9. The van der Waals surface area contributed by atoms with Crippen molar-refractivity contribution in [3.05, 3.63) is 90.5 Å². The molecule has 5 heterocycles. The predicted octanol–water partition coefficient (Wildman–Crippen LogP) is 1.86. The first-order valence-electron chi connectivity index (χ1n) is 14.6. The molecule has 0 saturated heterocycles. The minimum absolute atomic E-state index is 0.493. The fourth-order valence-electron chi connectivity index (χ4n) is 5.06. The number of aromatic amines is 2. The standard InChI is InChI=1S/C31H17N8.Co.4H2O3S/c1-2-9-17-16-24-32-25(17)34-27-20-12-5-6-13-21(20)29(36-27)38-31-23-15-8-7-14-22(23)30(39-31)37-28-19-11-4-3-10-18(19)26(33-24)35-28;;4*1-4(2)3/h1-15H,(H2,32,33,34,35,36,37,38,39);;4*(H2,1,2,3)/q-1;;;;;/p-8/b9-2-;;;;;. The van der Waals surface area contributed by atoms with Gasteiger partial charge in [0.25, 0.3) is 0 Å². The van der Waals surface area contributed by atoms with Gasteiger partial charge in [0.1, 0.15) is 0 Å². The molecule has 3 aromatic carbocycles. The molecule has 0 aliphatic carbocycles. The second-order valence-electron chi connectivity index (χ2n) is 10.1. The second-order valence-corrected chi connectivity index (χ2v) is 12.1. The number of rotatable bonds is 2. The summed E-state index contributed by atoms with van der Waals surface area (Å²) in [6.07, 6.45) is 3.68. The predicted molar refractivity (Wildman–Crippen MR) is 191 cm³/mol. The van der Waals surface area contributed by atoms with Crippen molar-refractivity contribution in [2.75, 3.05) is 0 Å². The van der Waals surface area contributed by atoms with E-state index in [2.05, 4.69) is 31.3 Å². The zero-order chi connectivity index (χ0) is 40.9. The van der Waals surface area contributed by atoms with E-state index in [1.54, 1.807) is 4.96 Å². The summed E-state index contributed by atoms with van der Waals surface area (Å²) in [5.74, 6) is 2.23. The first-order valence-corrected chi connectivity index (χ1v) is 19.2. The van der Waals surface area contributed by atoms with Crippen LogP contribution in [0, 0.1) is 6.07 Å². The Bertz CT molecular complexity index is 2620. The monoisotopic (exact) mass is 880 g/mol. The molecule has 0 radical (unpaired) electrons. The van der Waals surface area contributed by atoms with Crippen molar-refractivity contribution >= 4 is 89.8 Å². The number of nitrogens with zero attached hydrogens (tertiary/aromatic N) is 6. The van der Waals surface area contributed by atoms with Gasteiger partial charge in [0.05, 0.1) is 0 Å². The van der Waals surface area contributed by atoms with E-state index in [-0.39, 0.29) is 0 Å². The first-order chi connectivity index (χ1) is 26.7. The van der Waals surface area contributed by atoms with Gasteiger partial charge >= 0.3 is 206 Å². The minimum atomic E-state index is -3.11. The van der Waals surface area contributed by atoms with Gasteiger partial charge in [-0.05, 0) is 0 Å². The zero-order valence-electron chi connectivity index (χ0n) is 27.2. The van der Waals surface area contributed by atoms with Gasteiger partial charge in [-0.1, -0.05) is 24.3 Å². The van der Waals surface area contributed by atoms with Crippen LogP contribution in [0.25, 0.3) is 85.0 Å². The number of fused-ring (bicyclic) bond motifs is 17. The molecular formula is C31H17CoN8O12S4-9. The van der Waals surface area contributed by atoms with Gasteiger partial charge in [0.2, 0.25) is 0 Å². The van der Waals surface area contributed by atoms with Crippen LogP contribution < -0.4 is 0 Å². The molecule has 8 bridgehead atoms. The van der Waals surface area contributed by atoms with E-state index < -0.39 is 45.4 Å². The van der Waals surface area contributed by atoms with E-state index in [0.29, 0.717) is 45.9 Å². The number of hydrogen-bond acceptors (Lipinski definition) is 18. The summed E-state index contributed by atoms with van der Waals surface area (Å²) >= 11 is -8.19. The van der Waals surface area contributed by atoms with E-state index in [1.807, 2.05) is 84.9 Å². The van der Waals surface area contributed by atoms with Crippen molar-refractivity contribution in [3.8, 4) is 45.6 Å². The van der Waals surface area contributed by atoms with Gasteiger partial charge in [-0.15, -0.1) is 45.4 Å². The van der Waals surface area contributed by atoms with Crippen molar-refractivity contribution in [2.45, 2.75) is 0 Å². The molecule has 20 nitrogen and oxygen atoms in total. The van der Waals surface area contributed by atoms with Gasteiger partial charge < -0.3 is 36.4 Å². The summed E-state index contributed by atoms with van der Waals surface area (Å²) in [5, 5.41) is 1.88. The van der Waals surface area contributed by atoms with Crippen molar-refractivity contribution < 1.29 is 68.6 Å². The Kier molecular flexibility index (Phi) is 16.4. The Labute approximate surface area is 332 Å². The number of benzene rings is 3. The molecule has 25 heteroatoms. The Morgan fingerprint density at radius 1 is 0.500 bits per heavy atom. The third-order valence-electron chi connectivity index (χ3n) is 6.86. The average molecular weight is 881 g/mol. The molecule has 0 atom stereocenters. The van der Waals surface area contributed by atoms with Crippen LogP contribution >= 0.6 is 0 Å². The molecule has 0 amide bonds. The van der Waals surface area contributed by atoms with Gasteiger partial charge in [0.15, 0.2) is 0 Å². The van der Waals surface area contributed by atoms with E-state index in [1.165, 1.54) is 0 Å². The van der Waals surface area contributed by atoms with Gasteiger partial charge in [-0.25, -0.2) is 0 Å². The van der Waals surface area contributed by atoms with Crippen LogP contribution in [-0.4, -0.2) is 98.1 Å². The van der Waals surface area contributed by atoms with E-state index >= 15 is 0 Å². The molecule has 8 rings (SSSR count). The first kappa shape index (κ1) is 43.9. The molecule has 0 saturated carbocycles. The summed E-state index contributed by atoms with van der Waals surface area (Å²) in [5.41, 5.74) is 6.70. The Hall–Kier alpha value is -4.84. The quantitative estimate of drug-likeness (QED) is 0.185. The van der Waals surface area contributed by atoms with Crippen molar-refractivity contribution in [2.24, 2.45) is 0 Å². The topological polar surface area (TPSA) is 362 Å². The van der Waals surface area contributed by atoms with Gasteiger partial charge in [0, 0.05) is 5.39 Å². The maximum absolute atomic E-state index is 8.44. The number of allylic oxidation sites excluding steroid dienone is 1. The zero-order valence-corrected chi connectivity index (χ0v) is 31.5. The summed E-state index contributed by atoms with van der Waals surface area (Å²) in [6, 6.07) is 27.2. The van der Waals surface area contributed by atoms with Crippen LogP contribution in [0.4, 0.5) is 0 Å². The molecular weight excluding hydrogens is 864 g/mol. The normalized spacial score (nSPS) is 11.1. The molecule has 2 aliphatic heterocycles. The number of H-pyrrole nitrogens is 2. The van der Waals surface area contributed by atoms with E-state index in [0.717, 1.165) is 38.6 Å². The molecule has 2 N–H and O–H groups in total. The van der Waals surface area contributed by atoms with Crippen molar-refractivity contribution in [3.63, 3.8) is 0 Å². The molecule has 6 aromatic rings. The van der Waals surface area contributed by atoms with E-state index in [9.17, 15) is 0 Å². The number of aromatic nitrogens is 8. The summed E-state index contributed by atoms with van der Waals surface area (Å²) in [7, 11) is 0. The fourth-order valence-corrected chi connectivity index (χ4v) is 5.16. The van der Waals surface area contributed by atoms with Crippen LogP contribution in [0.3, 0.4) is 0 Å². The Morgan fingerprint density at radius 2 is 0.839 bits per heavy atom. The van der Waals surface area contributed by atoms with Crippen molar-refractivity contribution in [1.82, 2.24) is 39.9 Å². The van der Waals surface area contributed by atoms with Crippen LogP contribution in [0.5, 0.6) is 0 Å². The summed E-state index contributed by atoms with van der Waals surface area (Å²) < 4.78 is 101. The SMILES string of the molecule is O=S([O-])[O-].O=S([O-])[O-].O=S([O-])[O-].O=S([O-])[O-].[Co]=[CH]/C=C\c1[c-]c2nc3nc(nc4[nH]c(nc5nc(nc1[nH]2)-c1ccccc1-5)c1ccccc41)-c1ccccc1-3. The number of nitrogens with one attached hydrogen (secondary N) is 2. The van der Waals surface area contributed by atoms with E-state index in [4.69, 9.17) is 83.2 Å². The Balaban J connectivity index is 0.000000374. The third-order valence-corrected chi connectivity index (χ3v) is 7.06. The summed E-state index contributed by atoms with van der Waals surface area (Å²) in [6.45, 7) is 0. The van der Waals surface area contributed by atoms with Crippen molar-refractivity contribution in [1.29, 1.82) is 0 Å². The maximum atomic E-state index is 8.44. The molecule has 0 fully saturated rings. The van der Waals surface area contributed by atoms with Crippen LogP contribution in [0.15, 0.2) is 78.9 Å². The number of hydrogen-bond donors (Lipinski definition) is 2. The van der Waals surface area contributed by atoms with Crippen LogP contribution in [0.1, 0.15) is 5.56 Å². The molecule has 2 aliphatic rings. The fraction of sp³-hybridized carbons (Fsp3) is 0. The van der Waals surface area contributed by atoms with Crippen LogP contribution in [-0.2, 0) is 60.7 Å². The molecule has 56 heavy (non-hydrogen) atoms. The van der Waals surface area contributed by atoms with Crippen LogP contribution in [0.2, 0.25) is 0 Å². The summed E-state index contributed by atoms with van der Waals surface area (Å²) in [4.78, 5) is 37.8. The van der Waals surface area contributed by atoms with Gasteiger partial charge in [-0.2, -0.15) is 0 Å². The average Bonchev–Trinajstić information content (AvgIpc) is 3.87. The molecule has 0 unspecified atom stereocenters. The molecule has 295 valence electrons.